The Morgan fingerprint density at radius 2 is 2.13 bits per heavy atom. The highest BCUT2D eigenvalue weighted by molar-refractivity contribution is 14.0. The van der Waals surface area contributed by atoms with Crippen LogP contribution in [0.2, 0.25) is 0 Å². The number of nitrogens with zero attached hydrogens (tertiary/aromatic N) is 4. The Morgan fingerprint density at radius 1 is 1.39 bits per heavy atom. The minimum absolute atomic E-state index is 0. The van der Waals surface area contributed by atoms with Crippen LogP contribution >= 0.6 is 24.0 Å². The zero-order valence-corrected chi connectivity index (χ0v) is 16.9. The quantitative estimate of drug-likeness (QED) is 0.436. The van der Waals surface area contributed by atoms with Gasteiger partial charge in [0.25, 0.3) is 0 Å². The average Bonchev–Trinajstić information content (AvgIpc) is 3.08. The van der Waals surface area contributed by atoms with Crippen molar-refractivity contribution in [2.75, 3.05) is 13.6 Å². The van der Waals surface area contributed by atoms with E-state index in [-0.39, 0.29) is 24.0 Å². The molecule has 2 N–H and O–H groups in total. The van der Waals surface area contributed by atoms with Crippen molar-refractivity contribution in [3.05, 3.63) is 11.6 Å². The van der Waals surface area contributed by atoms with Crippen molar-refractivity contribution in [1.29, 1.82) is 0 Å². The molecule has 1 aromatic heterocycles. The number of halogens is 1. The zero-order valence-electron chi connectivity index (χ0n) is 14.6. The Bertz CT molecular complexity index is 561. The third kappa shape index (κ3) is 4.36. The summed E-state index contributed by atoms with van der Waals surface area (Å²) in [6.45, 7) is 8.60. The summed E-state index contributed by atoms with van der Waals surface area (Å²) in [6.07, 6.45) is 4.70. The van der Waals surface area contributed by atoms with E-state index in [1.165, 1.54) is 12.8 Å². The summed E-state index contributed by atoms with van der Waals surface area (Å²) < 4.78 is 2.28. The van der Waals surface area contributed by atoms with E-state index in [1.54, 1.807) is 0 Å². The van der Waals surface area contributed by atoms with Crippen molar-refractivity contribution in [3.8, 4) is 0 Å². The standard InChI is InChI=1S/C16H28N6.HI/c1-11(2)14-21-20-13-6-5-12(9-22(13)14)19-15(17-4)18-10-16(3)7-8-16;/h11-12H,5-10H2,1-4H3,(H2,17,18,19);1H. The molecule has 1 aromatic rings. The van der Waals surface area contributed by atoms with Crippen molar-refractivity contribution >= 4 is 29.9 Å². The molecule has 1 aliphatic heterocycles. The van der Waals surface area contributed by atoms with E-state index < -0.39 is 0 Å². The van der Waals surface area contributed by atoms with Gasteiger partial charge in [0.1, 0.15) is 11.6 Å². The molecule has 1 aliphatic carbocycles. The Labute approximate surface area is 155 Å². The highest BCUT2D eigenvalue weighted by Gasteiger charge is 2.37. The summed E-state index contributed by atoms with van der Waals surface area (Å²) in [4.78, 5) is 4.37. The van der Waals surface area contributed by atoms with Gasteiger partial charge in [0.2, 0.25) is 0 Å². The van der Waals surface area contributed by atoms with Crippen LogP contribution in [0.4, 0.5) is 0 Å². The van der Waals surface area contributed by atoms with Crippen LogP contribution < -0.4 is 10.6 Å². The first-order valence-corrected chi connectivity index (χ1v) is 8.40. The lowest BCUT2D eigenvalue weighted by Gasteiger charge is -2.27. The summed E-state index contributed by atoms with van der Waals surface area (Å²) in [6, 6.07) is 0.388. The Morgan fingerprint density at radius 3 is 2.74 bits per heavy atom. The molecule has 130 valence electrons. The number of rotatable bonds is 4. The van der Waals surface area contributed by atoms with Gasteiger partial charge in [0.05, 0.1) is 0 Å². The first-order valence-electron chi connectivity index (χ1n) is 8.40. The van der Waals surface area contributed by atoms with E-state index in [2.05, 4.69) is 51.2 Å². The van der Waals surface area contributed by atoms with Crippen molar-refractivity contribution < 1.29 is 0 Å². The third-order valence-corrected chi connectivity index (χ3v) is 4.84. The Kier molecular flexibility index (Phi) is 5.91. The van der Waals surface area contributed by atoms with Gasteiger partial charge < -0.3 is 15.2 Å². The van der Waals surface area contributed by atoms with E-state index in [0.717, 1.165) is 43.5 Å². The zero-order chi connectivity index (χ0) is 15.7. The van der Waals surface area contributed by atoms with E-state index in [9.17, 15) is 0 Å². The van der Waals surface area contributed by atoms with Crippen LogP contribution in [0.25, 0.3) is 0 Å². The predicted molar refractivity (Wildman–Crippen MR) is 103 cm³/mol. The minimum Gasteiger partial charge on any atom is -0.356 e. The van der Waals surface area contributed by atoms with Gasteiger partial charge >= 0.3 is 0 Å². The van der Waals surface area contributed by atoms with Crippen LogP contribution in [0.15, 0.2) is 4.99 Å². The Hall–Kier alpha value is -0.860. The molecule has 1 saturated carbocycles. The summed E-state index contributed by atoms with van der Waals surface area (Å²) in [5, 5.41) is 15.7. The molecule has 23 heavy (non-hydrogen) atoms. The molecule has 0 bridgehead atoms. The number of aryl methyl sites for hydroxylation is 1. The Balaban J connectivity index is 0.00000192. The van der Waals surface area contributed by atoms with Crippen molar-refractivity contribution in [1.82, 2.24) is 25.4 Å². The molecule has 6 nitrogen and oxygen atoms in total. The van der Waals surface area contributed by atoms with Crippen LogP contribution in [0.3, 0.4) is 0 Å². The molecule has 1 unspecified atom stereocenters. The highest BCUT2D eigenvalue weighted by Crippen LogP contribution is 2.43. The van der Waals surface area contributed by atoms with Crippen LogP contribution in [0, 0.1) is 5.41 Å². The molecule has 0 saturated heterocycles. The fourth-order valence-corrected chi connectivity index (χ4v) is 2.97. The number of fused-ring (bicyclic) bond motifs is 1. The first-order chi connectivity index (χ1) is 10.5. The summed E-state index contributed by atoms with van der Waals surface area (Å²) in [5.41, 5.74) is 0.483. The van der Waals surface area contributed by atoms with E-state index >= 15 is 0 Å². The van der Waals surface area contributed by atoms with Gasteiger partial charge in [-0.25, -0.2) is 0 Å². The first kappa shape index (κ1) is 18.5. The molecule has 0 aromatic carbocycles. The number of hydrogen-bond donors (Lipinski definition) is 2. The summed E-state index contributed by atoms with van der Waals surface area (Å²) in [7, 11) is 1.84. The molecule has 0 amide bonds. The number of guanidine groups is 1. The number of hydrogen-bond acceptors (Lipinski definition) is 3. The van der Waals surface area contributed by atoms with Crippen LogP contribution in [-0.2, 0) is 13.0 Å². The van der Waals surface area contributed by atoms with Gasteiger partial charge in [-0.2, -0.15) is 0 Å². The second-order valence-electron chi connectivity index (χ2n) is 7.36. The molecular weight excluding hydrogens is 403 g/mol. The molecule has 2 aliphatic rings. The van der Waals surface area contributed by atoms with Crippen molar-refractivity contribution in [3.63, 3.8) is 0 Å². The molecule has 1 fully saturated rings. The van der Waals surface area contributed by atoms with Crippen LogP contribution in [-0.4, -0.2) is 40.4 Å². The van der Waals surface area contributed by atoms with Crippen molar-refractivity contribution in [2.24, 2.45) is 10.4 Å². The largest absolute Gasteiger partial charge is 0.356 e. The van der Waals surface area contributed by atoms with Gasteiger partial charge in [0, 0.05) is 38.5 Å². The lowest BCUT2D eigenvalue weighted by atomic mass is 10.1. The van der Waals surface area contributed by atoms with E-state index in [1.807, 2.05) is 7.05 Å². The fraction of sp³-hybridized carbons (Fsp3) is 0.812. The van der Waals surface area contributed by atoms with Gasteiger partial charge in [-0.1, -0.05) is 20.8 Å². The lowest BCUT2D eigenvalue weighted by Crippen LogP contribution is -2.48. The summed E-state index contributed by atoms with van der Waals surface area (Å²) >= 11 is 0. The van der Waals surface area contributed by atoms with Gasteiger partial charge in [-0.05, 0) is 24.7 Å². The van der Waals surface area contributed by atoms with Crippen LogP contribution in [0.1, 0.15) is 57.6 Å². The smallest absolute Gasteiger partial charge is 0.191 e. The average molecular weight is 432 g/mol. The molecule has 0 spiro atoms. The van der Waals surface area contributed by atoms with E-state index in [0.29, 0.717) is 17.4 Å². The topological polar surface area (TPSA) is 67.1 Å². The lowest BCUT2D eigenvalue weighted by molar-refractivity contribution is 0.406. The SMILES string of the molecule is CN=C(NCC1(C)CC1)NC1CCc2nnc(C(C)C)n2C1.I. The predicted octanol–water partition coefficient (Wildman–Crippen LogP) is 2.30. The van der Waals surface area contributed by atoms with E-state index in [4.69, 9.17) is 0 Å². The minimum atomic E-state index is 0. The maximum absolute atomic E-state index is 4.37. The van der Waals surface area contributed by atoms with Gasteiger partial charge in [-0.15, -0.1) is 34.2 Å². The molecular formula is C16H29IN6. The second-order valence-corrected chi connectivity index (χ2v) is 7.36. The maximum Gasteiger partial charge on any atom is 0.191 e. The molecule has 2 heterocycles. The normalized spacial score (nSPS) is 22.3. The van der Waals surface area contributed by atoms with Gasteiger partial charge in [-0.3, -0.25) is 4.99 Å². The van der Waals surface area contributed by atoms with Crippen molar-refractivity contribution in [2.45, 2.75) is 65.0 Å². The molecule has 3 rings (SSSR count). The molecule has 0 radical (unpaired) electrons. The summed E-state index contributed by atoms with van der Waals surface area (Å²) in [5.74, 6) is 3.54. The molecule has 7 heteroatoms. The number of aromatic nitrogens is 3. The highest BCUT2D eigenvalue weighted by atomic mass is 127. The maximum atomic E-state index is 4.37. The monoisotopic (exact) mass is 432 g/mol. The third-order valence-electron chi connectivity index (χ3n) is 4.84. The number of aliphatic imine (C=N–C) groups is 1. The van der Waals surface area contributed by atoms with Crippen LogP contribution in [0.5, 0.6) is 0 Å². The fourth-order valence-electron chi connectivity index (χ4n) is 2.97. The van der Waals surface area contributed by atoms with Gasteiger partial charge in [0.15, 0.2) is 5.96 Å². The number of nitrogens with one attached hydrogen (secondary N) is 2. The second kappa shape index (κ2) is 7.36. The molecule has 1 atom stereocenters.